The van der Waals surface area contributed by atoms with E-state index in [1.807, 2.05) is 20.8 Å². The predicted molar refractivity (Wildman–Crippen MR) is 74.5 cm³/mol. The summed E-state index contributed by atoms with van der Waals surface area (Å²) in [5.41, 5.74) is 0.512. The van der Waals surface area contributed by atoms with E-state index in [1.54, 1.807) is 12.3 Å². The first-order valence-electron chi connectivity index (χ1n) is 6.42. The van der Waals surface area contributed by atoms with Gasteiger partial charge in [0.15, 0.2) is 11.6 Å². The van der Waals surface area contributed by atoms with Crippen LogP contribution in [0.25, 0.3) is 0 Å². The van der Waals surface area contributed by atoms with Crippen LogP contribution in [0.3, 0.4) is 0 Å². The molecule has 0 saturated carbocycles. The van der Waals surface area contributed by atoms with Crippen molar-refractivity contribution in [2.24, 2.45) is 0 Å². The molecule has 108 valence electrons. The van der Waals surface area contributed by atoms with Gasteiger partial charge in [0.2, 0.25) is 0 Å². The van der Waals surface area contributed by atoms with Gasteiger partial charge in [-0.15, -0.1) is 0 Å². The summed E-state index contributed by atoms with van der Waals surface area (Å²) in [6.45, 7) is 6.91. The third kappa shape index (κ3) is 3.99. The van der Waals surface area contributed by atoms with Gasteiger partial charge in [-0.25, -0.2) is 14.4 Å². The van der Waals surface area contributed by atoms with Gasteiger partial charge in [-0.05, 0) is 26.8 Å². The van der Waals surface area contributed by atoms with E-state index in [0.29, 0.717) is 24.5 Å². The Morgan fingerprint density at radius 3 is 2.70 bits per heavy atom. The van der Waals surface area contributed by atoms with Crippen LogP contribution >= 0.6 is 0 Å². The number of anilines is 1. The molecule has 0 aliphatic rings. The normalized spacial score (nSPS) is 11.6. The van der Waals surface area contributed by atoms with Crippen LogP contribution in [0, 0.1) is 5.82 Å². The molecule has 3 N–H and O–H groups in total. The fourth-order valence-electron chi connectivity index (χ4n) is 1.59. The molecule has 0 aliphatic heterocycles. The van der Waals surface area contributed by atoms with Gasteiger partial charge >= 0.3 is 0 Å². The Bertz CT molecular complexity index is 546. The topological polar surface area (TPSA) is 78.5 Å². The average Bonchev–Trinajstić information content (AvgIpc) is 2.88. The van der Waals surface area contributed by atoms with E-state index in [0.717, 1.165) is 0 Å². The first-order valence-corrected chi connectivity index (χ1v) is 6.42. The van der Waals surface area contributed by atoms with Crippen LogP contribution in [0.5, 0.6) is 0 Å². The van der Waals surface area contributed by atoms with Gasteiger partial charge in [-0.1, -0.05) is 0 Å². The Balaban J connectivity index is 2.03. The molecule has 7 heteroatoms. The molecule has 6 nitrogen and oxygen atoms in total. The Labute approximate surface area is 117 Å². The summed E-state index contributed by atoms with van der Waals surface area (Å²) in [5, 5.41) is 12.6. The van der Waals surface area contributed by atoms with Crippen molar-refractivity contribution in [2.45, 2.75) is 39.4 Å². The minimum absolute atomic E-state index is 0.0663. The maximum Gasteiger partial charge on any atom is 0.169 e. The Hall–Kier alpha value is -2.02. The third-order valence-electron chi connectivity index (χ3n) is 2.67. The Kier molecular flexibility index (Phi) is 4.29. The average molecular weight is 278 g/mol. The molecule has 0 spiro atoms. The smallest absolute Gasteiger partial charge is 0.169 e. The molecule has 0 aromatic carbocycles. The standard InChI is InChI=1S/C13H19FN6/c1-13(2,3)18-6-9-4-5-15-12(11(9)14)16-7-10-17-8-19-20-10/h4-5,8,18H,6-7H2,1-3H3,(H,15,16)(H,17,19,20). The first kappa shape index (κ1) is 14.4. The molecule has 2 heterocycles. The number of hydrogen-bond acceptors (Lipinski definition) is 5. The molecule has 2 aromatic heterocycles. The van der Waals surface area contributed by atoms with Crippen molar-refractivity contribution >= 4 is 5.82 Å². The SMILES string of the molecule is CC(C)(C)NCc1ccnc(NCc2ncn[nH]2)c1F. The van der Waals surface area contributed by atoms with Crippen LogP contribution < -0.4 is 10.6 Å². The minimum atomic E-state index is -0.344. The molecule has 0 bridgehead atoms. The van der Waals surface area contributed by atoms with Crippen molar-refractivity contribution in [1.29, 1.82) is 0 Å². The summed E-state index contributed by atoms with van der Waals surface area (Å²) in [7, 11) is 0. The maximum absolute atomic E-state index is 14.3. The summed E-state index contributed by atoms with van der Waals surface area (Å²) in [5.74, 6) is 0.503. The van der Waals surface area contributed by atoms with Crippen LogP contribution in [0.4, 0.5) is 10.2 Å². The lowest BCUT2D eigenvalue weighted by Gasteiger charge is -2.21. The van der Waals surface area contributed by atoms with E-state index in [1.165, 1.54) is 6.33 Å². The van der Waals surface area contributed by atoms with Gasteiger partial charge in [-0.3, -0.25) is 5.10 Å². The number of hydrogen-bond donors (Lipinski definition) is 3. The highest BCUT2D eigenvalue weighted by Gasteiger charge is 2.13. The molecule has 0 amide bonds. The van der Waals surface area contributed by atoms with E-state index >= 15 is 0 Å². The Morgan fingerprint density at radius 1 is 1.25 bits per heavy atom. The van der Waals surface area contributed by atoms with Crippen molar-refractivity contribution in [3.63, 3.8) is 0 Å². The van der Waals surface area contributed by atoms with Crippen LogP contribution in [0.1, 0.15) is 32.2 Å². The van der Waals surface area contributed by atoms with Gasteiger partial charge in [0, 0.05) is 23.8 Å². The molecular formula is C13H19FN6. The maximum atomic E-state index is 14.3. The molecule has 0 fully saturated rings. The lowest BCUT2D eigenvalue weighted by molar-refractivity contribution is 0.418. The number of nitrogens with zero attached hydrogens (tertiary/aromatic N) is 3. The van der Waals surface area contributed by atoms with E-state index < -0.39 is 0 Å². The van der Waals surface area contributed by atoms with Crippen molar-refractivity contribution < 1.29 is 4.39 Å². The van der Waals surface area contributed by atoms with Crippen molar-refractivity contribution in [1.82, 2.24) is 25.5 Å². The van der Waals surface area contributed by atoms with Gasteiger partial charge in [0.1, 0.15) is 12.2 Å². The molecule has 0 unspecified atom stereocenters. The van der Waals surface area contributed by atoms with Crippen molar-refractivity contribution in [3.8, 4) is 0 Å². The number of halogens is 1. The minimum Gasteiger partial charge on any atom is -0.360 e. The van der Waals surface area contributed by atoms with Crippen LogP contribution in [-0.2, 0) is 13.1 Å². The molecule has 0 radical (unpaired) electrons. The quantitative estimate of drug-likeness (QED) is 0.778. The van der Waals surface area contributed by atoms with E-state index in [2.05, 4.69) is 30.8 Å². The highest BCUT2D eigenvalue weighted by Crippen LogP contribution is 2.16. The Morgan fingerprint density at radius 2 is 2.05 bits per heavy atom. The van der Waals surface area contributed by atoms with Crippen molar-refractivity contribution in [3.05, 3.63) is 35.8 Å². The summed E-state index contributed by atoms with van der Waals surface area (Å²) >= 11 is 0. The van der Waals surface area contributed by atoms with Crippen molar-refractivity contribution in [2.75, 3.05) is 5.32 Å². The molecule has 2 rings (SSSR count). The second-order valence-corrected chi connectivity index (χ2v) is 5.52. The number of aromatic nitrogens is 4. The van der Waals surface area contributed by atoms with E-state index in [-0.39, 0.29) is 17.2 Å². The van der Waals surface area contributed by atoms with Gasteiger partial charge in [0.25, 0.3) is 0 Å². The fourth-order valence-corrected chi connectivity index (χ4v) is 1.59. The predicted octanol–water partition coefficient (Wildman–Crippen LogP) is 1.84. The first-order chi connectivity index (χ1) is 9.46. The second-order valence-electron chi connectivity index (χ2n) is 5.52. The summed E-state index contributed by atoms with van der Waals surface area (Å²) in [4.78, 5) is 7.97. The van der Waals surface area contributed by atoms with Gasteiger partial charge in [0.05, 0.1) is 6.54 Å². The molecule has 2 aromatic rings. The zero-order valence-electron chi connectivity index (χ0n) is 11.9. The number of H-pyrrole nitrogens is 1. The number of pyridine rings is 1. The number of aromatic amines is 1. The lowest BCUT2D eigenvalue weighted by Crippen LogP contribution is -2.35. The van der Waals surface area contributed by atoms with Gasteiger partial charge in [-0.2, -0.15) is 5.10 Å². The monoisotopic (exact) mass is 278 g/mol. The number of rotatable bonds is 5. The zero-order valence-corrected chi connectivity index (χ0v) is 11.9. The zero-order chi connectivity index (χ0) is 14.6. The summed E-state index contributed by atoms with van der Waals surface area (Å²) < 4.78 is 14.3. The largest absolute Gasteiger partial charge is 0.360 e. The van der Waals surface area contributed by atoms with Crippen LogP contribution in [0.15, 0.2) is 18.6 Å². The fraction of sp³-hybridized carbons (Fsp3) is 0.462. The molecule has 0 saturated heterocycles. The lowest BCUT2D eigenvalue weighted by atomic mass is 10.1. The highest BCUT2D eigenvalue weighted by atomic mass is 19.1. The highest BCUT2D eigenvalue weighted by molar-refractivity contribution is 5.39. The van der Waals surface area contributed by atoms with Crippen LogP contribution in [0.2, 0.25) is 0 Å². The second kappa shape index (κ2) is 5.96. The third-order valence-corrected chi connectivity index (χ3v) is 2.67. The van der Waals surface area contributed by atoms with Crippen LogP contribution in [-0.4, -0.2) is 25.7 Å². The summed E-state index contributed by atoms with van der Waals surface area (Å²) in [6.07, 6.45) is 3.00. The van der Waals surface area contributed by atoms with E-state index in [9.17, 15) is 4.39 Å². The molecule has 20 heavy (non-hydrogen) atoms. The van der Waals surface area contributed by atoms with Gasteiger partial charge < -0.3 is 10.6 Å². The molecule has 0 atom stereocenters. The number of nitrogens with one attached hydrogen (secondary N) is 3. The molecule has 0 aliphatic carbocycles. The molecular weight excluding hydrogens is 259 g/mol. The summed E-state index contributed by atoms with van der Waals surface area (Å²) in [6, 6.07) is 1.67. The van der Waals surface area contributed by atoms with E-state index in [4.69, 9.17) is 0 Å².